The molecule has 2 aromatic rings. The van der Waals surface area contributed by atoms with Gasteiger partial charge in [0.15, 0.2) is 0 Å². The summed E-state index contributed by atoms with van der Waals surface area (Å²) < 4.78 is 6.16. The summed E-state index contributed by atoms with van der Waals surface area (Å²) >= 11 is 1.50. The van der Waals surface area contributed by atoms with Gasteiger partial charge in [0.05, 0.1) is 29.7 Å². The number of carbonyl (C=O) groups excluding carboxylic acids is 1. The third-order valence-corrected chi connectivity index (χ3v) is 5.52. The number of aromatic nitrogens is 2. The van der Waals surface area contributed by atoms with Crippen LogP contribution in [0.25, 0.3) is 0 Å². The maximum Gasteiger partial charge on any atom is 0.264 e. The molecule has 0 aliphatic carbocycles. The molecule has 2 atom stereocenters. The fourth-order valence-corrected chi connectivity index (χ4v) is 4.30. The molecule has 126 valence electrons. The van der Waals surface area contributed by atoms with Gasteiger partial charge in [0, 0.05) is 25.4 Å². The molecule has 7 heteroatoms. The van der Waals surface area contributed by atoms with E-state index in [0.29, 0.717) is 19.1 Å². The van der Waals surface area contributed by atoms with Crippen LogP contribution < -0.4 is 5.32 Å². The topological polar surface area (TPSA) is 67.4 Å². The van der Waals surface area contributed by atoms with E-state index in [1.165, 1.54) is 11.3 Å². The van der Waals surface area contributed by atoms with Gasteiger partial charge in [-0.05, 0) is 30.4 Å². The Kier molecular flexibility index (Phi) is 4.20. The van der Waals surface area contributed by atoms with Gasteiger partial charge in [-0.1, -0.05) is 6.07 Å². The zero-order valence-electron chi connectivity index (χ0n) is 13.4. The number of nitrogens with one attached hydrogen (secondary N) is 1. The lowest BCUT2D eigenvalue weighted by Crippen LogP contribution is -2.50. The molecule has 0 aromatic carbocycles. The average molecular weight is 344 g/mol. The van der Waals surface area contributed by atoms with Crippen LogP contribution >= 0.6 is 11.3 Å². The summed E-state index contributed by atoms with van der Waals surface area (Å²) in [5.74, 6) is 0.751. The number of nitrogens with zero attached hydrogens (tertiary/aromatic N) is 3. The molecule has 2 saturated heterocycles. The highest BCUT2D eigenvalue weighted by Crippen LogP contribution is 2.36. The van der Waals surface area contributed by atoms with Gasteiger partial charge < -0.3 is 15.0 Å². The SMILES string of the molecule is O=C(c1cccs1)N1CCC[C@]2(C[C@H](Nc3ncccn3)CO2)C1. The second-order valence-corrected chi connectivity index (χ2v) is 7.37. The van der Waals surface area contributed by atoms with Gasteiger partial charge in [0.25, 0.3) is 5.91 Å². The summed E-state index contributed by atoms with van der Waals surface area (Å²) in [6, 6.07) is 5.79. The Morgan fingerprint density at radius 3 is 3.04 bits per heavy atom. The number of hydrogen-bond acceptors (Lipinski definition) is 6. The first kappa shape index (κ1) is 15.5. The Balaban J connectivity index is 1.41. The van der Waals surface area contributed by atoms with E-state index in [1.54, 1.807) is 18.5 Å². The Morgan fingerprint density at radius 1 is 1.38 bits per heavy atom. The van der Waals surface area contributed by atoms with E-state index < -0.39 is 0 Å². The number of ether oxygens (including phenoxy) is 1. The van der Waals surface area contributed by atoms with Crippen molar-refractivity contribution < 1.29 is 9.53 Å². The van der Waals surface area contributed by atoms with Gasteiger partial charge in [-0.3, -0.25) is 4.79 Å². The van der Waals surface area contributed by atoms with Crippen molar-refractivity contribution in [1.82, 2.24) is 14.9 Å². The van der Waals surface area contributed by atoms with Crippen molar-refractivity contribution in [3.05, 3.63) is 40.8 Å². The molecular weight excluding hydrogens is 324 g/mol. The van der Waals surface area contributed by atoms with Crippen LogP contribution in [0.5, 0.6) is 0 Å². The highest BCUT2D eigenvalue weighted by atomic mass is 32.1. The fourth-order valence-electron chi connectivity index (χ4n) is 3.61. The van der Waals surface area contributed by atoms with Crippen molar-refractivity contribution in [2.45, 2.75) is 30.9 Å². The van der Waals surface area contributed by atoms with E-state index in [4.69, 9.17) is 4.74 Å². The first-order chi connectivity index (χ1) is 11.7. The van der Waals surface area contributed by atoms with Crippen molar-refractivity contribution >= 4 is 23.2 Å². The van der Waals surface area contributed by atoms with E-state index in [2.05, 4.69) is 15.3 Å². The normalized spacial score (nSPS) is 26.7. The zero-order valence-corrected chi connectivity index (χ0v) is 14.2. The molecule has 1 N–H and O–H groups in total. The predicted molar refractivity (Wildman–Crippen MR) is 92.2 cm³/mol. The summed E-state index contributed by atoms with van der Waals surface area (Å²) in [6.45, 7) is 2.10. The molecule has 0 bridgehead atoms. The second kappa shape index (κ2) is 6.49. The Hall–Kier alpha value is -1.99. The van der Waals surface area contributed by atoms with Crippen molar-refractivity contribution in [3.63, 3.8) is 0 Å². The lowest BCUT2D eigenvalue weighted by Gasteiger charge is -2.39. The molecular formula is C17H20N4O2S. The van der Waals surface area contributed by atoms with E-state index in [1.807, 2.05) is 22.4 Å². The molecule has 4 heterocycles. The van der Waals surface area contributed by atoms with Gasteiger partial charge in [-0.25, -0.2) is 9.97 Å². The van der Waals surface area contributed by atoms with Crippen molar-refractivity contribution in [2.75, 3.05) is 25.0 Å². The number of amides is 1. The largest absolute Gasteiger partial charge is 0.371 e. The lowest BCUT2D eigenvalue weighted by atomic mass is 9.88. The number of likely N-dealkylation sites (tertiary alicyclic amines) is 1. The zero-order chi connectivity index (χ0) is 16.4. The Bertz CT molecular complexity index is 694. The van der Waals surface area contributed by atoms with Crippen LogP contribution in [0.15, 0.2) is 36.0 Å². The van der Waals surface area contributed by atoms with Crippen molar-refractivity contribution in [3.8, 4) is 0 Å². The van der Waals surface area contributed by atoms with E-state index in [9.17, 15) is 4.79 Å². The number of hydrogen-bond donors (Lipinski definition) is 1. The van der Waals surface area contributed by atoms with Crippen molar-refractivity contribution in [1.29, 1.82) is 0 Å². The monoisotopic (exact) mass is 344 g/mol. The van der Waals surface area contributed by atoms with E-state index >= 15 is 0 Å². The quantitative estimate of drug-likeness (QED) is 0.926. The van der Waals surface area contributed by atoms with Gasteiger partial charge in [-0.2, -0.15) is 0 Å². The summed E-state index contributed by atoms with van der Waals surface area (Å²) in [5.41, 5.74) is -0.238. The summed E-state index contributed by atoms with van der Waals surface area (Å²) in [5, 5.41) is 5.28. The van der Waals surface area contributed by atoms with E-state index in [0.717, 1.165) is 30.7 Å². The maximum atomic E-state index is 12.6. The lowest BCUT2D eigenvalue weighted by molar-refractivity contribution is -0.0446. The number of carbonyl (C=O) groups is 1. The molecule has 24 heavy (non-hydrogen) atoms. The highest BCUT2D eigenvalue weighted by molar-refractivity contribution is 7.12. The molecule has 0 saturated carbocycles. The summed E-state index contributed by atoms with van der Waals surface area (Å²) in [4.78, 5) is 23.8. The molecule has 2 aromatic heterocycles. The van der Waals surface area contributed by atoms with Gasteiger partial charge >= 0.3 is 0 Å². The van der Waals surface area contributed by atoms with Gasteiger partial charge in [0.2, 0.25) is 5.95 Å². The molecule has 1 amide bonds. The number of piperidine rings is 1. The Morgan fingerprint density at radius 2 is 2.25 bits per heavy atom. The van der Waals surface area contributed by atoms with Crippen LogP contribution in [0, 0.1) is 0 Å². The smallest absolute Gasteiger partial charge is 0.264 e. The van der Waals surface area contributed by atoms with Crippen LogP contribution in [-0.2, 0) is 4.74 Å². The third-order valence-electron chi connectivity index (χ3n) is 4.67. The first-order valence-electron chi connectivity index (χ1n) is 8.24. The van der Waals surface area contributed by atoms with E-state index in [-0.39, 0.29) is 17.6 Å². The van der Waals surface area contributed by atoms with Crippen LogP contribution in [0.4, 0.5) is 5.95 Å². The molecule has 6 nitrogen and oxygen atoms in total. The third kappa shape index (κ3) is 3.14. The van der Waals surface area contributed by atoms with Gasteiger partial charge in [0.1, 0.15) is 0 Å². The molecule has 2 aliphatic rings. The minimum Gasteiger partial charge on any atom is -0.371 e. The Labute approximate surface area is 144 Å². The molecule has 0 radical (unpaired) electrons. The first-order valence-corrected chi connectivity index (χ1v) is 9.12. The summed E-state index contributed by atoms with van der Waals surface area (Å²) in [6.07, 6.45) is 6.30. The van der Waals surface area contributed by atoms with Crippen LogP contribution in [0.3, 0.4) is 0 Å². The fraction of sp³-hybridized carbons (Fsp3) is 0.471. The molecule has 1 spiro atoms. The summed E-state index contributed by atoms with van der Waals surface area (Å²) in [7, 11) is 0. The second-order valence-electron chi connectivity index (χ2n) is 6.42. The molecule has 0 unspecified atom stereocenters. The average Bonchev–Trinajstić information content (AvgIpc) is 3.26. The number of thiophene rings is 1. The number of rotatable bonds is 3. The minimum absolute atomic E-state index is 0.121. The molecule has 4 rings (SSSR count). The van der Waals surface area contributed by atoms with Gasteiger partial charge in [-0.15, -0.1) is 11.3 Å². The predicted octanol–water partition coefficient (Wildman–Crippen LogP) is 2.41. The highest BCUT2D eigenvalue weighted by Gasteiger charge is 2.44. The standard InChI is InChI=1S/C17H20N4O2S/c22-15(14-4-1-9-24-14)21-8-2-5-17(12-21)10-13(11-23-17)20-16-18-6-3-7-19-16/h1,3-4,6-7,9,13H,2,5,8,10-12H2,(H,18,19,20)/t13-,17-/m0/s1. The molecule has 2 fully saturated rings. The number of anilines is 1. The molecule has 2 aliphatic heterocycles. The van der Waals surface area contributed by atoms with Crippen LogP contribution in [0.2, 0.25) is 0 Å². The van der Waals surface area contributed by atoms with Crippen LogP contribution in [0.1, 0.15) is 28.9 Å². The maximum absolute atomic E-state index is 12.6. The minimum atomic E-state index is -0.238. The van der Waals surface area contributed by atoms with Crippen molar-refractivity contribution in [2.24, 2.45) is 0 Å². The van der Waals surface area contributed by atoms with Crippen LogP contribution in [-0.4, -0.2) is 52.1 Å².